The second-order valence-electron chi connectivity index (χ2n) is 3.10. The van der Waals surface area contributed by atoms with E-state index in [1.807, 2.05) is 0 Å². The summed E-state index contributed by atoms with van der Waals surface area (Å²) in [6.45, 7) is 0. The minimum atomic E-state index is 0.281. The van der Waals surface area contributed by atoms with E-state index in [-0.39, 0.29) is 6.04 Å². The minimum absolute atomic E-state index is 0.281. The van der Waals surface area contributed by atoms with Crippen LogP contribution in [0, 0.1) is 7.14 Å². The van der Waals surface area contributed by atoms with Gasteiger partial charge in [0.15, 0.2) is 0 Å². The molecule has 1 aromatic carbocycles. The van der Waals surface area contributed by atoms with Crippen LogP contribution in [0.2, 0.25) is 0 Å². The number of halogens is 2. The Morgan fingerprint density at radius 3 is 2.83 bits per heavy atom. The van der Waals surface area contributed by atoms with Gasteiger partial charge in [-0.25, -0.2) is 0 Å². The van der Waals surface area contributed by atoms with Crippen LogP contribution in [0.1, 0.15) is 23.6 Å². The quantitative estimate of drug-likeness (QED) is 0.684. The van der Waals surface area contributed by atoms with Gasteiger partial charge in [0, 0.05) is 13.2 Å². The lowest BCUT2D eigenvalue weighted by atomic mass is 10.1. The fraction of sp³-hybridized carbons (Fsp3) is 0.333. The van der Waals surface area contributed by atoms with Crippen LogP contribution in [0.3, 0.4) is 0 Å². The van der Waals surface area contributed by atoms with Gasteiger partial charge >= 0.3 is 0 Å². The molecule has 0 heterocycles. The van der Waals surface area contributed by atoms with Gasteiger partial charge in [-0.2, -0.15) is 0 Å². The van der Waals surface area contributed by atoms with Gasteiger partial charge in [-0.05, 0) is 81.3 Å². The van der Waals surface area contributed by atoms with Crippen LogP contribution in [0.15, 0.2) is 12.1 Å². The summed E-state index contributed by atoms with van der Waals surface area (Å²) in [6, 6.07) is 4.72. The maximum Gasteiger partial charge on any atom is 0.0301 e. The highest BCUT2D eigenvalue weighted by atomic mass is 127. The highest BCUT2D eigenvalue weighted by Gasteiger charge is 2.21. The van der Waals surface area contributed by atoms with Crippen LogP contribution < -0.4 is 5.73 Å². The standard InChI is InChI=1S/C9H9I2N/c10-5-3-7-6(8(11)4-5)1-2-9(7)12/h3-4,9H,1-2,12H2/t9-/m0/s1. The third-order valence-corrected chi connectivity index (χ3v) is 3.88. The molecule has 1 aliphatic rings. The maximum atomic E-state index is 5.98. The van der Waals surface area contributed by atoms with Gasteiger partial charge < -0.3 is 5.73 Å². The van der Waals surface area contributed by atoms with E-state index < -0.39 is 0 Å². The average molecular weight is 385 g/mol. The van der Waals surface area contributed by atoms with E-state index in [0.717, 1.165) is 12.8 Å². The molecule has 0 amide bonds. The van der Waals surface area contributed by atoms with Crippen LogP contribution >= 0.6 is 45.2 Å². The average Bonchev–Trinajstić information content (AvgIpc) is 2.33. The van der Waals surface area contributed by atoms with Crippen molar-refractivity contribution >= 4 is 45.2 Å². The van der Waals surface area contributed by atoms with Crippen molar-refractivity contribution in [2.45, 2.75) is 18.9 Å². The summed E-state index contributed by atoms with van der Waals surface area (Å²) in [5.74, 6) is 0. The van der Waals surface area contributed by atoms with Crippen molar-refractivity contribution in [3.8, 4) is 0 Å². The largest absolute Gasteiger partial charge is 0.324 e. The number of benzene rings is 1. The molecule has 64 valence electrons. The zero-order chi connectivity index (χ0) is 8.72. The van der Waals surface area contributed by atoms with Crippen LogP contribution in [0.5, 0.6) is 0 Å². The Morgan fingerprint density at radius 1 is 1.33 bits per heavy atom. The zero-order valence-electron chi connectivity index (χ0n) is 6.48. The lowest BCUT2D eigenvalue weighted by molar-refractivity contribution is 0.713. The normalized spacial score (nSPS) is 21.1. The Labute approximate surface area is 99.4 Å². The molecule has 2 N–H and O–H groups in total. The molecular weight excluding hydrogens is 376 g/mol. The molecule has 1 nitrogen and oxygen atoms in total. The molecule has 1 aromatic rings. The third kappa shape index (κ3) is 1.50. The second-order valence-corrected chi connectivity index (χ2v) is 5.51. The summed E-state index contributed by atoms with van der Waals surface area (Å²) in [6.07, 6.45) is 2.27. The second kappa shape index (κ2) is 3.42. The van der Waals surface area contributed by atoms with Gasteiger partial charge in [-0.15, -0.1) is 0 Å². The summed E-state index contributed by atoms with van der Waals surface area (Å²) in [4.78, 5) is 0. The first kappa shape index (κ1) is 9.21. The van der Waals surface area contributed by atoms with E-state index in [9.17, 15) is 0 Å². The van der Waals surface area contributed by atoms with Crippen LogP contribution in [0.4, 0.5) is 0 Å². The lowest BCUT2D eigenvalue weighted by Crippen LogP contribution is -2.05. The number of fused-ring (bicyclic) bond motifs is 1. The van der Waals surface area contributed by atoms with Gasteiger partial charge in [0.25, 0.3) is 0 Å². The molecule has 1 aliphatic carbocycles. The van der Waals surface area contributed by atoms with Crippen molar-refractivity contribution in [1.82, 2.24) is 0 Å². The summed E-state index contributed by atoms with van der Waals surface area (Å²) < 4.78 is 2.68. The fourth-order valence-electron chi connectivity index (χ4n) is 1.67. The van der Waals surface area contributed by atoms with Gasteiger partial charge in [0.1, 0.15) is 0 Å². The van der Waals surface area contributed by atoms with Crippen LogP contribution in [-0.4, -0.2) is 0 Å². The van der Waals surface area contributed by atoms with E-state index >= 15 is 0 Å². The van der Waals surface area contributed by atoms with Crippen molar-refractivity contribution in [2.24, 2.45) is 5.73 Å². The highest BCUT2D eigenvalue weighted by molar-refractivity contribution is 14.1. The first-order valence-corrected chi connectivity index (χ1v) is 6.07. The molecule has 0 spiro atoms. The smallest absolute Gasteiger partial charge is 0.0301 e. The molecule has 12 heavy (non-hydrogen) atoms. The summed E-state index contributed by atoms with van der Waals surface area (Å²) in [5, 5.41) is 0. The van der Waals surface area contributed by atoms with Gasteiger partial charge in [-0.3, -0.25) is 0 Å². The number of hydrogen-bond acceptors (Lipinski definition) is 1. The number of nitrogens with two attached hydrogens (primary N) is 1. The molecule has 3 heteroatoms. The molecule has 0 bridgehead atoms. The molecule has 0 saturated carbocycles. The Morgan fingerprint density at radius 2 is 2.08 bits per heavy atom. The first-order valence-electron chi connectivity index (χ1n) is 3.92. The molecule has 0 aliphatic heterocycles. The summed E-state index contributed by atoms with van der Waals surface area (Å²) in [5.41, 5.74) is 8.82. The summed E-state index contributed by atoms with van der Waals surface area (Å²) >= 11 is 4.75. The molecule has 2 rings (SSSR count). The monoisotopic (exact) mass is 385 g/mol. The molecule has 0 radical (unpaired) electrons. The topological polar surface area (TPSA) is 26.0 Å². The Bertz CT molecular complexity index is 323. The molecule has 0 aromatic heterocycles. The predicted molar refractivity (Wildman–Crippen MR) is 67.1 cm³/mol. The van der Waals surface area contributed by atoms with Crippen molar-refractivity contribution in [3.05, 3.63) is 30.4 Å². The van der Waals surface area contributed by atoms with Crippen molar-refractivity contribution in [1.29, 1.82) is 0 Å². The predicted octanol–water partition coefficient (Wildman–Crippen LogP) is 2.84. The van der Waals surface area contributed by atoms with E-state index in [0.29, 0.717) is 0 Å². The lowest BCUT2D eigenvalue weighted by Gasteiger charge is -2.06. The van der Waals surface area contributed by atoms with Crippen molar-refractivity contribution in [3.63, 3.8) is 0 Å². The molecule has 1 atom stereocenters. The highest BCUT2D eigenvalue weighted by Crippen LogP contribution is 2.33. The summed E-state index contributed by atoms with van der Waals surface area (Å²) in [7, 11) is 0. The Kier molecular flexibility index (Phi) is 2.62. The van der Waals surface area contributed by atoms with Gasteiger partial charge in [-0.1, -0.05) is 0 Å². The van der Waals surface area contributed by atoms with Crippen molar-refractivity contribution in [2.75, 3.05) is 0 Å². The van der Waals surface area contributed by atoms with Gasteiger partial charge in [0.05, 0.1) is 0 Å². The van der Waals surface area contributed by atoms with E-state index in [4.69, 9.17) is 5.73 Å². The Balaban J connectivity index is 2.60. The maximum absolute atomic E-state index is 5.98. The van der Waals surface area contributed by atoms with Crippen molar-refractivity contribution < 1.29 is 0 Å². The fourth-order valence-corrected chi connectivity index (χ4v) is 3.83. The molecule has 0 unspecified atom stereocenters. The third-order valence-electron chi connectivity index (χ3n) is 2.30. The van der Waals surface area contributed by atoms with E-state index in [1.165, 1.54) is 18.3 Å². The van der Waals surface area contributed by atoms with E-state index in [1.54, 1.807) is 0 Å². The van der Waals surface area contributed by atoms with Gasteiger partial charge in [0.2, 0.25) is 0 Å². The van der Waals surface area contributed by atoms with Crippen LogP contribution in [-0.2, 0) is 6.42 Å². The van der Waals surface area contributed by atoms with Crippen LogP contribution in [0.25, 0.3) is 0 Å². The minimum Gasteiger partial charge on any atom is -0.324 e. The molecular formula is C9H9I2N. The zero-order valence-corrected chi connectivity index (χ0v) is 10.8. The van der Waals surface area contributed by atoms with E-state index in [2.05, 4.69) is 57.3 Å². The number of hydrogen-bond donors (Lipinski definition) is 1. The SMILES string of the molecule is N[C@H]1CCc2c(I)cc(I)cc21. The Hall–Kier alpha value is 0.640. The number of rotatable bonds is 0. The molecule has 0 fully saturated rings. The first-order chi connectivity index (χ1) is 5.68. The molecule has 0 saturated heterocycles.